The van der Waals surface area contributed by atoms with Crippen molar-refractivity contribution in [2.24, 2.45) is 7.05 Å². The van der Waals surface area contributed by atoms with Gasteiger partial charge >= 0.3 is 0 Å². The molecule has 2 aromatic heterocycles. The van der Waals surface area contributed by atoms with Gasteiger partial charge in [0.2, 0.25) is 0 Å². The summed E-state index contributed by atoms with van der Waals surface area (Å²) in [6.07, 6.45) is 7.05. The Morgan fingerprint density at radius 2 is 2.11 bits per heavy atom. The molecule has 1 unspecified atom stereocenters. The lowest BCUT2D eigenvalue weighted by molar-refractivity contribution is 0.176. The van der Waals surface area contributed by atoms with Gasteiger partial charge in [0.05, 0.1) is 6.10 Å². The van der Waals surface area contributed by atoms with Crippen molar-refractivity contribution in [2.45, 2.75) is 12.5 Å². The number of benzene rings is 1. The van der Waals surface area contributed by atoms with Crippen molar-refractivity contribution >= 4 is 10.8 Å². The quantitative estimate of drug-likeness (QED) is 0.779. The predicted molar refractivity (Wildman–Crippen MR) is 73.6 cm³/mol. The fourth-order valence-corrected chi connectivity index (χ4v) is 2.28. The molecule has 1 N–H and O–H groups in total. The second-order valence-electron chi connectivity index (χ2n) is 4.62. The van der Waals surface area contributed by atoms with Gasteiger partial charge in [0.25, 0.3) is 0 Å². The van der Waals surface area contributed by atoms with Gasteiger partial charge in [-0.15, -0.1) is 0 Å². The molecule has 0 aliphatic carbocycles. The lowest BCUT2D eigenvalue weighted by atomic mass is 10.0. The van der Waals surface area contributed by atoms with Crippen LogP contribution in [0.2, 0.25) is 0 Å². The number of aliphatic hydroxyl groups is 1. The first-order valence-electron chi connectivity index (χ1n) is 6.22. The van der Waals surface area contributed by atoms with E-state index in [1.165, 1.54) is 0 Å². The third-order valence-electron chi connectivity index (χ3n) is 3.35. The number of aryl methyl sites for hydroxylation is 1. The van der Waals surface area contributed by atoms with E-state index in [9.17, 15) is 5.11 Å². The summed E-state index contributed by atoms with van der Waals surface area (Å²) < 4.78 is 1.92. The lowest BCUT2D eigenvalue weighted by Gasteiger charge is -2.13. The number of hydrogen-bond acceptors (Lipinski definition) is 3. The summed E-state index contributed by atoms with van der Waals surface area (Å²) in [5.41, 5.74) is 0.848. The van der Waals surface area contributed by atoms with Crippen LogP contribution < -0.4 is 0 Å². The molecular weight excluding hydrogens is 238 g/mol. The van der Waals surface area contributed by atoms with E-state index in [2.05, 4.69) is 9.97 Å². The Kier molecular flexibility index (Phi) is 3.01. The molecule has 3 rings (SSSR count). The molecule has 4 heteroatoms. The van der Waals surface area contributed by atoms with Crippen molar-refractivity contribution in [1.29, 1.82) is 0 Å². The van der Waals surface area contributed by atoms with Crippen molar-refractivity contribution < 1.29 is 5.11 Å². The van der Waals surface area contributed by atoms with Gasteiger partial charge in [-0.3, -0.25) is 4.98 Å². The Balaban J connectivity index is 1.98. The van der Waals surface area contributed by atoms with Gasteiger partial charge in [0.15, 0.2) is 0 Å². The maximum Gasteiger partial charge on any atom is 0.111 e. The molecular formula is C15H15N3O. The molecule has 2 heterocycles. The molecule has 1 aromatic carbocycles. The second kappa shape index (κ2) is 4.82. The van der Waals surface area contributed by atoms with Crippen LogP contribution in [-0.4, -0.2) is 19.6 Å². The van der Waals surface area contributed by atoms with Gasteiger partial charge in [0.1, 0.15) is 5.82 Å². The van der Waals surface area contributed by atoms with Crippen LogP contribution >= 0.6 is 0 Å². The van der Waals surface area contributed by atoms with Crippen molar-refractivity contribution in [1.82, 2.24) is 14.5 Å². The Morgan fingerprint density at radius 3 is 2.89 bits per heavy atom. The normalized spacial score (nSPS) is 12.7. The Labute approximate surface area is 111 Å². The molecule has 0 fully saturated rings. The molecule has 0 saturated carbocycles. The molecule has 0 spiro atoms. The number of fused-ring (bicyclic) bond motifs is 1. The average molecular weight is 253 g/mol. The van der Waals surface area contributed by atoms with Crippen LogP contribution in [0.15, 0.2) is 49.1 Å². The van der Waals surface area contributed by atoms with Crippen molar-refractivity contribution in [2.75, 3.05) is 0 Å². The third kappa shape index (κ3) is 2.22. The van der Waals surface area contributed by atoms with E-state index in [4.69, 9.17) is 0 Å². The summed E-state index contributed by atoms with van der Waals surface area (Å²) in [7, 11) is 1.93. The monoisotopic (exact) mass is 253 g/mol. The highest BCUT2D eigenvalue weighted by molar-refractivity contribution is 5.84. The number of aliphatic hydroxyl groups excluding tert-OH is 1. The van der Waals surface area contributed by atoms with E-state index < -0.39 is 6.10 Å². The maximum absolute atomic E-state index is 10.4. The number of pyridine rings is 1. The van der Waals surface area contributed by atoms with E-state index in [1.807, 2.05) is 48.3 Å². The zero-order valence-electron chi connectivity index (χ0n) is 10.7. The minimum atomic E-state index is -0.598. The molecule has 0 amide bonds. The number of imidazole rings is 1. The first-order chi connectivity index (χ1) is 9.25. The Hall–Kier alpha value is -2.20. The molecule has 19 heavy (non-hydrogen) atoms. The number of nitrogens with zero attached hydrogens (tertiary/aromatic N) is 3. The highest BCUT2D eigenvalue weighted by Gasteiger charge is 2.14. The molecule has 0 radical (unpaired) electrons. The minimum absolute atomic E-state index is 0.485. The topological polar surface area (TPSA) is 50.9 Å². The van der Waals surface area contributed by atoms with E-state index in [0.29, 0.717) is 6.42 Å². The smallest absolute Gasteiger partial charge is 0.111 e. The summed E-state index contributed by atoms with van der Waals surface area (Å²) in [5.74, 6) is 0.862. The maximum atomic E-state index is 10.4. The largest absolute Gasteiger partial charge is 0.388 e. The lowest BCUT2D eigenvalue weighted by Crippen LogP contribution is -2.07. The Morgan fingerprint density at radius 1 is 1.26 bits per heavy atom. The highest BCUT2D eigenvalue weighted by Crippen LogP contribution is 2.25. The third-order valence-corrected chi connectivity index (χ3v) is 3.35. The van der Waals surface area contributed by atoms with Gasteiger partial charge < -0.3 is 9.67 Å². The standard InChI is InChI=1S/C15H15N3O/c1-18-7-6-17-15(18)8-14(19)13-10-16-9-11-4-2-3-5-12(11)13/h2-7,9-10,14,19H,8H2,1H3. The molecule has 0 saturated heterocycles. The fourth-order valence-electron chi connectivity index (χ4n) is 2.28. The predicted octanol–water partition coefficient (Wildman–Crippen LogP) is 2.24. The molecule has 4 nitrogen and oxygen atoms in total. The Bertz CT molecular complexity index is 700. The van der Waals surface area contributed by atoms with Crippen LogP contribution in [0, 0.1) is 0 Å². The van der Waals surface area contributed by atoms with Crippen molar-refractivity contribution in [3.05, 3.63) is 60.4 Å². The van der Waals surface area contributed by atoms with Gasteiger partial charge in [-0.2, -0.15) is 0 Å². The number of hydrogen-bond donors (Lipinski definition) is 1. The van der Waals surface area contributed by atoms with E-state index in [-0.39, 0.29) is 0 Å². The van der Waals surface area contributed by atoms with Crippen molar-refractivity contribution in [3.63, 3.8) is 0 Å². The summed E-state index contributed by atoms with van der Waals surface area (Å²) >= 11 is 0. The average Bonchev–Trinajstić information content (AvgIpc) is 2.83. The van der Waals surface area contributed by atoms with Crippen LogP contribution in [0.3, 0.4) is 0 Å². The zero-order chi connectivity index (χ0) is 13.2. The number of aromatic nitrogens is 3. The molecule has 1 atom stereocenters. The van der Waals surface area contributed by atoms with Gasteiger partial charge in [-0.1, -0.05) is 24.3 Å². The van der Waals surface area contributed by atoms with Crippen LogP contribution in [0.5, 0.6) is 0 Å². The summed E-state index contributed by atoms with van der Waals surface area (Å²) in [4.78, 5) is 8.44. The summed E-state index contributed by atoms with van der Waals surface area (Å²) in [5, 5.41) is 12.5. The minimum Gasteiger partial charge on any atom is -0.388 e. The van der Waals surface area contributed by atoms with Gasteiger partial charge in [-0.05, 0) is 5.39 Å². The summed E-state index contributed by atoms with van der Waals surface area (Å²) in [6.45, 7) is 0. The summed E-state index contributed by atoms with van der Waals surface area (Å²) in [6, 6.07) is 7.95. The fraction of sp³-hybridized carbons (Fsp3) is 0.200. The van der Waals surface area contributed by atoms with Gasteiger partial charge in [-0.25, -0.2) is 4.98 Å². The molecule has 96 valence electrons. The van der Waals surface area contributed by atoms with Crippen LogP contribution in [0.4, 0.5) is 0 Å². The van der Waals surface area contributed by atoms with E-state index in [0.717, 1.165) is 22.2 Å². The second-order valence-corrected chi connectivity index (χ2v) is 4.62. The SMILES string of the molecule is Cn1ccnc1CC(O)c1cncc2ccccc12. The first-order valence-corrected chi connectivity index (χ1v) is 6.22. The first kappa shape index (κ1) is 11.9. The van der Waals surface area contributed by atoms with Crippen LogP contribution in [0.1, 0.15) is 17.5 Å². The molecule has 0 aliphatic heterocycles. The van der Waals surface area contributed by atoms with E-state index in [1.54, 1.807) is 12.4 Å². The van der Waals surface area contributed by atoms with Crippen LogP contribution in [0.25, 0.3) is 10.8 Å². The van der Waals surface area contributed by atoms with Crippen molar-refractivity contribution in [3.8, 4) is 0 Å². The van der Waals surface area contributed by atoms with Crippen LogP contribution in [-0.2, 0) is 13.5 Å². The van der Waals surface area contributed by atoms with Gasteiger partial charge in [0, 0.05) is 49.2 Å². The zero-order valence-corrected chi connectivity index (χ0v) is 10.7. The van der Waals surface area contributed by atoms with E-state index >= 15 is 0 Å². The highest BCUT2D eigenvalue weighted by atomic mass is 16.3. The number of rotatable bonds is 3. The molecule has 3 aromatic rings. The molecule has 0 aliphatic rings. The molecule has 0 bridgehead atoms.